The number of aryl methyl sites for hydroxylation is 2. The van der Waals surface area contributed by atoms with Crippen molar-refractivity contribution in [3.05, 3.63) is 90.1 Å². The van der Waals surface area contributed by atoms with Gasteiger partial charge in [-0.25, -0.2) is 14.7 Å². The average Bonchev–Trinajstić information content (AvgIpc) is 3.47. The highest BCUT2D eigenvalue weighted by Crippen LogP contribution is 2.35. The van der Waals surface area contributed by atoms with Crippen molar-refractivity contribution in [2.45, 2.75) is 26.3 Å². The fourth-order valence-corrected chi connectivity index (χ4v) is 5.04. The van der Waals surface area contributed by atoms with E-state index in [4.69, 9.17) is 9.47 Å². The number of hydrogen-bond donors (Lipinski definition) is 1. The third kappa shape index (κ3) is 6.25. The average molecular weight is 553 g/mol. The van der Waals surface area contributed by atoms with Crippen LogP contribution in [0.1, 0.15) is 17.5 Å². The number of methoxy groups -OCH3 is 1. The van der Waals surface area contributed by atoms with E-state index in [1.54, 1.807) is 31.5 Å². The minimum atomic E-state index is -0.609. The molecule has 0 radical (unpaired) electrons. The molecule has 1 atom stereocenters. The van der Waals surface area contributed by atoms with E-state index in [1.807, 2.05) is 56.3 Å². The third-order valence-corrected chi connectivity index (χ3v) is 7.36. The van der Waals surface area contributed by atoms with Crippen molar-refractivity contribution < 1.29 is 14.3 Å². The Bertz CT molecular complexity index is 1490. The zero-order valence-electron chi connectivity index (χ0n) is 24.2. The number of rotatable bonds is 8. The molecule has 0 bridgehead atoms. The lowest BCUT2D eigenvalue weighted by Gasteiger charge is -2.24. The van der Waals surface area contributed by atoms with E-state index < -0.39 is 6.09 Å². The molecule has 1 unspecified atom stereocenters. The van der Waals surface area contributed by atoms with Gasteiger partial charge in [0, 0.05) is 42.8 Å². The van der Waals surface area contributed by atoms with Crippen molar-refractivity contribution in [3.8, 4) is 11.5 Å². The Morgan fingerprint density at radius 2 is 1.71 bits per heavy atom. The van der Waals surface area contributed by atoms with Gasteiger partial charge in [0.2, 0.25) is 5.95 Å². The molecule has 0 spiro atoms. The first-order valence-electron chi connectivity index (χ1n) is 13.7. The molecule has 4 aromatic rings. The lowest BCUT2D eigenvalue weighted by Crippen LogP contribution is -2.31. The molecule has 212 valence electrons. The Kier molecular flexibility index (Phi) is 8.35. The van der Waals surface area contributed by atoms with Crippen LogP contribution in [-0.4, -0.2) is 61.3 Å². The highest BCUT2D eigenvalue weighted by Gasteiger charge is 2.27. The molecule has 1 N–H and O–H groups in total. The molecule has 9 heteroatoms. The SMILES string of the molecule is COc1ccccc1N(C(=O)Oc1c(C)cccc1C)c1ccnc(Nc2ccc(N3CCC(N(C)C)C3)cc2)n1. The summed E-state index contributed by atoms with van der Waals surface area (Å²) in [6.07, 6.45) is 2.16. The fraction of sp³-hybridized carbons (Fsp3) is 0.281. The third-order valence-electron chi connectivity index (χ3n) is 7.36. The molecule has 1 aromatic heterocycles. The monoisotopic (exact) mass is 552 g/mol. The molecule has 2 heterocycles. The highest BCUT2D eigenvalue weighted by atomic mass is 16.6. The Labute approximate surface area is 241 Å². The number of anilines is 5. The first-order valence-corrected chi connectivity index (χ1v) is 13.7. The van der Waals surface area contributed by atoms with Crippen LogP contribution in [0.4, 0.5) is 33.6 Å². The Morgan fingerprint density at radius 1 is 0.976 bits per heavy atom. The maximum absolute atomic E-state index is 13.7. The quantitative estimate of drug-likeness (QED) is 0.272. The van der Waals surface area contributed by atoms with Crippen LogP contribution in [0.25, 0.3) is 0 Å². The zero-order chi connectivity index (χ0) is 28.9. The second kappa shape index (κ2) is 12.3. The van der Waals surface area contributed by atoms with Crippen LogP contribution in [0, 0.1) is 13.8 Å². The van der Waals surface area contributed by atoms with Crippen molar-refractivity contribution in [2.24, 2.45) is 0 Å². The number of amides is 1. The maximum atomic E-state index is 13.7. The molecule has 1 fully saturated rings. The van der Waals surface area contributed by atoms with E-state index in [0.717, 1.165) is 36.3 Å². The van der Waals surface area contributed by atoms with Crippen LogP contribution in [0.15, 0.2) is 79.0 Å². The molecular weight excluding hydrogens is 516 g/mol. The first-order chi connectivity index (χ1) is 19.8. The molecular formula is C32H36N6O3. The van der Waals surface area contributed by atoms with Crippen LogP contribution >= 0.6 is 0 Å². The number of para-hydroxylation sites is 3. The van der Waals surface area contributed by atoms with Crippen molar-refractivity contribution in [1.82, 2.24) is 14.9 Å². The summed E-state index contributed by atoms with van der Waals surface area (Å²) in [6.45, 7) is 5.87. The largest absolute Gasteiger partial charge is 0.495 e. The standard InChI is InChI=1S/C32H36N6O3/c1-22-9-8-10-23(2)30(22)41-32(39)38(27-11-6-7-12-28(27)40-5)29-17-19-33-31(35-29)34-24-13-15-25(16-14-24)37-20-18-26(21-37)36(3)4/h6-17,19,26H,18,20-21H2,1-5H3,(H,33,34,35). The van der Waals surface area contributed by atoms with Crippen molar-refractivity contribution >= 4 is 34.9 Å². The molecule has 3 aromatic carbocycles. The molecule has 1 aliphatic heterocycles. The van der Waals surface area contributed by atoms with Crippen LogP contribution in [0.2, 0.25) is 0 Å². The molecule has 1 amide bonds. The fourth-order valence-electron chi connectivity index (χ4n) is 5.04. The van der Waals surface area contributed by atoms with Crippen LogP contribution in [0.3, 0.4) is 0 Å². The first kappa shape index (κ1) is 27.9. The van der Waals surface area contributed by atoms with Crippen LogP contribution in [0.5, 0.6) is 11.5 Å². The minimum absolute atomic E-state index is 0.339. The van der Waals surface area contributed by atoms with Gasteiger partial charge in [-0.3, -0.25) is 0 Å². The Balaban J connectivity index is 1.41. The molecule has 1 saturated heterocycles. The zero-order valence-corrected chi connectivity index (χ0v) is 24.2. The summed E-state index contributed by atoms with van der Waals surface area (Å²) in [5.41, 5.74) is 4.25. The Hall–Kier alpha value is -4.63. The number of carbonyl (C=O) groups excluding carboxylic acids is 1. The van der Waals surface area contributed by atoms with Gasteiger partial charge in [0.05, 0.1) is 12.8 Å². The summed E-state index contributed by atoms with van der Waals surface area (Å²) in [7, 11) is 5.83. The summed E-state index contributed by atoms with van der Waals surface area (Å²) in [4.78, 5) is 28.9. The van der Waals surface area contributed by atoms with Crippen molar-refractivity contribution in [2.75, 3.05) is 49.4 Å². The summed E-state index contributed by atoms with van der Waals surface area (Å²) in [5, 5.41) is 3.27. The number of aromatic nitrogens is 2. The van der Waals surface area contributed by atoms with E-state index in [9.17, 15) is 4.79 Å². The second-order valence-electron chi connectivity index (χ2n) is 10.4. The van der Waals surface area contributed by atoms with Gasteiger partial charge in [0.15, 0.2) is 0 Å². The van der Waals surface area contributed by atoms with Gasteiger partial charge < -0.3 is 24.6 Å². The molecule has 0 saturated carbocycles. The predicted octanol–water partition coefficient (Wildman–Crippen LogP) is 6.32. The van der Waals surface area contributed by atoms with Gasteiger partial charge in [0.25, 0.3) is 0 Å². The van der Waals surface area contributed by atoms with Crippen molar-refractivity contribution in [1.29, 1.82) is 0 Å². The molecule has 41 heavy (non-hydrogen) atoms. The normalized spacial score (nSPS) is 14.7. The number of ether oxygens (including phenoxy) is 2. The number of benzene rings is 3. The number of nitrogens with zero attached hydrogens (tertiary/aromatic N) is 5. The number of nitrogens with one attached hydrogen (secondary N) is 1. The highest BCUT2D eigenvalue weighted by molar-refractivity contribution is 5.98. The minimum Gasteiger partial charge on any atom is -0.495 e. The molecule has 9 nitrogen and oxygen atoms in total. The topological polar surface area (TPSA) is 83.1 Å². The predicted molar refractivity (Wildman–Crippen MR) is 163 cm³/mol. The van der Waals surface area contributed by atoms with Crippen LogP contribution in [-0.2, 0) is 0 Å². The van der Waals surface area contributed by atoms with Gasteiger partial charge in [-0.05, 0) is 81.9 Å². The van der Waals surface area contributed by atoms with Crippen LogP contribution < -0.4 is 24.6 Å². The van der Waals surface area contributed by atoms with E-state index in [-0.39, 0.29) is 0 Å². The van der Waals surface area contributed by atoms with E-state index in [2.05, 4.69) is 51.3 Å². The van der Waals surface area contributed by atoms with Gasteiger partial charge in [-0.2, -0.15) is 4.98 Å². The summed E-state index contributed by atoms with van der Waals surface area (Å²) in [5.74, 6) is 1.71. The second-order valence-corrected chi connectivity index (χ2v) is 10.4. The van der Waals surface area contributed by atoms with Gasteiger partial charge in [-0.1, -0.05) is 30.3 Å². The molecule has 0 aliphatic carbocycles. The lowest BCUT2D eigenvalue weighted by molar-refractivity contribution is 0.209. The lowest BCUT2D eigenvalue weighted by atomic mass is 10.1. The number of likely N-dealkylation sites (N-methyl/N-ethyl adjacent to an activating group) is 1. The Morgan fingerprint density at radius 3 is 2.39 bits per heavy atom. The number of hydrogen-bond acceptors (Lipinski definition) is 8. The summed E-state index contributed by atoms with van der Waals surface area (Å²) in [6, 6.07) is 23.5. The van der Waals surface area contributed by atoms with Gasteiger partial charge >= 0.3 is 6.09 Å². The van der Waals surface area contributed by atoms with E-state index in [0.29, 0.717) is 35.0 Å². The number of carbonyl (C=O) groups is 1. The van der Waals surface area contributed by atoms with Gasteiger partial charge in [-0.15, -0.1) is 0 Å². The van der Waals surface area contributed by atoms with Gasteiger partial charge in [0.1, 0.15) is 17.3 Å². The smallest absolute Gasteiger partial charge is 0.425 e. The molecule has 1 aliphatic rings. The van der Waals surface area contributed by atoms with E-state index >= 15 is 0 Å². The summed E-state index contributed by atoms with van der Waals surface area (Å²) < 4.78 is 11.5. The molecule has 5 rings (SSSR count). The van der Waals surface area contributed by atoms with E-state index in [1.165, 1.54) is 10.6 Å². The van der Waals surface area contributed by atoms with Crippen molar-refractivity contribution in [3.63, 3.8) is 0 Å². The maximum Gasteiger partial charge on any atom is 0.425 e. The summed E-state index contributed by atoms with van der Waals surface area (Å²) >= 11 is 0.